The van der Waals surface area contributed by atoms with Crippen LogP contribution in [0.3, 0.4) is 0 Å². The van der Waals surface area contributed by atoms with Crippen molar-refractivity contribution in [1.29, 1.82) is 0 Å². The van der Waals surface area contributed by atoms with Gasteiger partial charge in [-0.15, -0.1) is 0 Å². The molecular weight excluding hydrogens is 148 g/mol. The average molecular weight is 164 g/mol. The minimum atomic E-state index is 0.104. The molecule has 0 aliphatic heterocycles. The first-order chi connectivity index (χ1) is 5.75. The smallest absolute Gasteiger partial charge is 0.0268 e. The summed E-state index contributed by atoms with van der Waals surface area (Å²) >= 11 is 0. The minimum Gasteiger partial charge on any atom is -0.330 e. The Hall–Kier alpha value is -0.860. The molecule has 1 rings (SSSR count). The molecule has 1 atom stereocenters. The maximum absolute atomic E-state index is 5.80. The molecular formula is C10H16N2. The molecule has 1 aromatic rings. The number of nitrogens with two attached hydrogens (primary N) is 2. The first-order valence-electron chi connectivity index (χ1n) is 4.29. The Labute approximate surface area is 73.6 Å². The van der Waals surface area contributed by atoms with E-state index in [2.05, 4.69) is 12.1 Å². The molecule has 0 aliphatic rings. The maximum atomic E-state index is 5.80. The summed E-state index contributed by atoms with van der Waals surface area (Å²) in [5.41, 5.74) is 13.8. The number of hydrogen-bond donors (Lipinski definition) is 2. The summed E-state index contributed by atoms with van der Waals surface area (Å²) in [7, 11) is 0. The monoisotopic (exact) mass is 164 g/mol. The molecule has 0 fully saturated rings. The normalized spacial score (nSPS) is 12.9. The molecule has 2 nitrogen and oxygen atoms in total. The third kappa shape index (κ3) is 2.06. The van der Waals surface area contributed by atoms with E-state index in [0.29, 0.717) is 6.54 Å². The van der Waals surface area contributed by atoms with Crippen molar-refractivity contribution >= 4 is 0 Å². The Morgan fingerprint density at radius 3 is 2.58 bits per heavy atom. The highest BCUT2D eigenvalue weighted by molar-refractivity contribution is 5.29. The summed E-state index contributed by atoms with van der Waals surface area (Å²) in [6.45, 7) is 2.68. The largest absolute Gasteiger partial charge is 0.330 e. The van der Waals surface area contributed by atoms with E-state index in [0.717, 1.165) is 6.42 Å². The van der Waals surface area contributed by atoms with Crippen LogP contribution in [0.1, 0.15) is 24.1 Å². The van der Waals surface area contributed by atoms with Crippen molar-refractivity contribution in [2.24, 2.45) is 11.5 Å². The third-order valence-corrected chi connectivity index (χ3v) is 1.96. The van der Waals surface area contributed by atoms with Gasteiger partial charge in [-0.05, 0) is 31.0 Å². The van der Waals surface area contributed by atoms with E-state index in [1.165, 1.54) is 11.1 Å². The zero-order valence-corrected chi connectivity index (χ0v) is 7.46. The van der Waals surface area contributed by atoms with E-state index in [1.54, 1.807) is 0 Å². The van der Waals surface area contributed by atoms with Crippen molar-refractivity contribution in [1.82, 2.24) is 0 Å². The van der Waals surface area contributed by atoms with Gasteiger partial charge < -0.3 is 11.5 Å². The molecule has 0 amide bonds. The summed E-state index contributed by atoms with van der Waals surface area (Å²) in [5, 5.41) is 0. The van der Waals surface area contributed by atoms with E-state index in [1.807, 2.05) is 19.1 Å². The minimum absolute atomic E-state index is 0.104. The van der Waals surface area contributed by atoms with E-state index in [4.69, 9.17) is 11.5 Å². The van der Waals surface area contributed by atoms with Gasteiger partial charge in [0.1, 0.15) is 0 Å². The lowest BCUT2D eigenvalue weighted by Crippen LogP contribution is -2.11. The molecule has 12 heavy (non-hydrogen) atoms. The van der Waals surface area contributed by atoms with Crippen LogP contribution in [-0.4, -0.2) is 6.54 Å². The molecule has 0 unspecified atom stereocenters. The van der Waals surface area contributed by atoms with Gasteiger partial charge in [-0.25, -0.2) is 0 Å². The zero-order chi connectivity index (χ0) is 8.97. The van der Waals surface area contributed by atoms with E-state index >= 15 is 0 Å². The Kier molecular flexibility index (Phi) is 3.26. The summed E-state index contributed by atoms with van der Waals surface area (Å²) in [4.78, 5) is 0. The second kappa shape index (κ2) is 4.24. The van der Waals surface area contributed by atoms with E-state index < -0.39 is 0 Å². The average Bonchev–Trinajstić information content (AvgIpc) is 2.05. The van der Waals surface area contributed by atoms with E-state index in [-0.39, 0.29) is 6.04 Å². The maximum Gasteiger partial charge on any atom is 0.0268 e. The van der Waals surface area contributed by atoms with Crippen molar-refractivity contribution in [3.8, 4) is 0 Å². The molecule has 0 spiro atoms. The van der Waals surface area contributed by atoms with Crippen molar-refractivity contribution in [2.45, 2.75) is 19.4 Å². The summed E-state index contributed by atoms with van der Waals surface area (Å²) in [6.07, 6.45) is 0.914. The Balaban J connectivity index is 2.92. The van der Waals surface area contributed by atoms with Gasteiger partial charge in [0.05, 0.1) is 0 Å². The lowest BCUT2D eigenvalue weighted by molar-refractivity contribution is 0.793. The van der Waals surface area contributed by atoms with Gasteiger partial charge in [-0.3, -0.25) is 0 Å². The molecule has 0 saturated heterocycles. The molecule has 0 heterocycles. The lowest BCUT2D eigenvalue weighted by Gasteiger charge is -2.11. The molecule has 66 valence electrons. The highest BCUT2D eigenvalue weighted by atomic mass is 14.6. The predicted octanol–water partition coefficient (Wildman–Crippen LogP) is 1.21. The first-order valence-corrected chi connectivity index (χ1v) is 4.29. The van der Waals surface area contributed by atoms with Crippen LogP contribution in [0.5, 0.6) is 0 Å². The van der Waals surface area contributed by atoms with Crippen LogP contribution in [0.25, 0.3) is 0 Å². The van der Waals surface area contributed by atoms with Crippen LogP contribution in [0.15, 0.2) is 24.3 Å². The SMILES string of the molecule is C[C@@H](N)c1ccccc1CCN. The number of rotatable bonds is 3. The topological polar surface area (TPSA) is 52.0 Å². The Bertz CT molecular complexity index is 243. The molecule has 0 radical (unpaired) electrons. The highest BCUT2D eigenvalue weighted by Gasteiger charge is 2.03. The summed E-state index contributed by atoms with van der Waals surface area (Å²) in [6, 6.07) is 8.30. The second-order valence-electron chi connectivity index (χ2n) is 3.03. The molecule has 0 bridgehead atoms. The van der Waals surface area contributed by atoms with Crippen LogP contribution >= 0.6 is 0 Å². The van der Waals surface area contributed by atoms with E-state index in [9.17, 15) is 0 Å². The molecule has 0 saturated carbocycles. The fourth-order valence-corrected chi connectivity index (χ4v) is 1.36. The Morgan fingerprint density at radius 1 is 1.33 bits per heavy atom. The highest BCUT2D eigenvalue weighted by Crippen LogP contribution is 2.15. The number of benzene rings is 1. The van der Waals surface area contributed by atoms with Gasteiger partial charge in [-0.2, -0.15) is 0 Å². The predicted molar refractivity (Wildman–Crippen MR) is 51.8 cm³/mol. The zero-order valence-electron chi connectivity index (χ0n) is 7.46. The van der Waals surface area contributed by atoms with Crippen molar-refractivity contribution in [3.63, 3.8) is 0 Å². The molecule has 0 aromatic heterocycles. The van der Waals surface area contributed by atoms with Crippen LogP contribution in [0, 0.1) is 0 Å². The quantitative estimate of drug-likeness (QED) is 0.705. The lowest BCUT2D eigenvalue weighted by atomic mass is 10.00. The van der Waals surface area contributed by atoms with Gasteiger partial charge in [-0.1, -0.05) is 24.3 Å². The molecule has 4 N–H and O–H groups in total. The van der Waals surface area contributed by atoms with Crippen LogP contribution in [0.4, 0.5) is 0 Å². The second-order valence-corrected chi connectivity index (χ2v) is 3.03. The third-order valence-electron chi connectivity index (χ3n) is 1.96. The van der Waals surface area contributed by atoms with Crippen LogP contribution < -0.4 is 11.5 Å². The van der Waals surface area contributed by atoms with Gasteiger partial charge in [0.2, 0.25) is 0 Å². The van der Waals surface area contributed by atoms with Gasteiger partial charge in [0, 0.05) is 6.04 Å². The summed E-state index contributed by atoms with van der Waals surface area (Å²) in [5.74, 6) is 0. The van der Waals surface area contributed by atoms with Gasteiger partial charge in [0.25, 0.3) is 0 Å². The fourth-order valence-electron chi connectivity index (χ4n) is 1.36. The molecule has 2 heteroatoms. The molecule has 1 aromatic carbocycles. The fraction of sp³-hybridized carbons (Fsp3) is 0.400. The van der Waals surface area contributed by atoms with Gasteiger partial charge in [0.15, 0.2) is 0 Å². The first kappa shape index (κ1) is 9.23. The standard InChI is InChI=1S/C10H16N2/c1-8(12)10-5-3-2-4-9(10)6-7-11/h2-5,8H,6-7,11-12H2,1H3/t8-/m1/s1. The van der Waals surface area contributed by atoms with Crippen molar-refractivity contribution < 1.29 is 0 Å². The van der Waals surface area contributed by atoms with Crippen LogP contribution in [0.2, 0.25) is 0 Å². The van der Waals surface area contributed by atoms with Crippen molar-refractivity contribution in [3.05, 3.63) is 35.4 Å². The van der Waals surface area contributed by atoms with Crippen molar-refractivity contribution in [2.75, 3.05) is 6.54 Å². The number of hydrogen-bond acceptors (Lipinski definition) is 2. The van der Waals surface area contributed by atoms with Crippen LogP contribution in [-0.2, 0) is 6.42 Å². The Morgan fingerprint density at radius 2 is 2.00 bits per heavy atom. The van der Waals surface area contributed by atoms with Gasteiger partial charge >= 0.3 is 0 Å². The molecule has 0 aliphatic carbocycles. The summed E-state index contributed by atoms with van der Waals surface area (Å²) < 4.78 is 0.